The van der Waals surface area contributed by atoms with Crippen molar-refractivity contribution >= 4 is 34.0 Å². The predicted octanol–water partition coefficient (Wildman–Crippen LogP) is 2.79. The summed E-state index contributed by atoms with van der Waals surface area (Å²) in [6.45, 7) is 1.50. The minimum atomic E-state index is 0.0757. The summed E-state index contributed by atoms with van der Waals surface area (Å²) in [5.41, 5.74) is 3.01. The molecule has 1 fully saturated rings. The lowest BCUT2D eigenvalue weighted by Crippen LogP contribution is -2.36. The summed E-state index contributed by atoms with van der Waals surface area (Å²) in [6.07, 6.45) is 3.79. The monoisotopic (exact) mass is 341 g/mol. The Morgan fingerprint density at radius 3 is 2.83 bits per heavy atom. The van der Waals surface area contributed by atoms with E-state index in [2.05, 4.69) is 11.1 Å². The van der Waals surface area contributed by atoms with E-state index in [0.29, 0.717) is 6.42 Å². The summed E-state index contributed by atoms with van der Waals surface area (Å²) < 4.78 is 0. The Bertz CT molecular complexity index is 786. The van der Waals surface area contributed by atoms with Gasteiger partial charge in [-0.1, -0.05) is 18.2 Å². The van der Waals surface area contributed by atoms with Crippen LogP contribution in [0, 0.1) is 0 Å². The molecule has 3 heterocycles. The van der Waals surface area contributed by atoms with Crippen molar-refractivity contribution in [3.05, 3.63) is 40.9 Å². The van der Waals surface area contributed by atoms with Crippen LogP contribution in [0.5, 0.6) is 0 Å². The molecule has 2 aliphatic heterocycles. The maximum atomic E-state index is 12.7. The first-order valence-corrected chi connectivity index (χ1v) is 9.23. The Balaban J connectivity index is 1.49. The minimum absolute atomic E-state index is 0.0757. The first-order chi connectivity index (χ1) is 11.7. The molecule has 1 aromatic carbocycles. The SMILES string of the molecule is O=C1CCCN1c1nc(CC(=O)N2CCCc3ccccc32)cs1. The highest BCUT2D eigenvalue weighted by Crippen LogP contribution is 2.29. The molecule has 2 aromatic rings. The number of thiazole rings is 1. The molecule has 0 unspecified atom stereocenters. The predicted molar refractivity (Wildman–Crippen MR) is 94.5 cm³/mol. The molecule has 2 amide bonds. The van der Waals surface area contributed by atoms with Crippen molar-refractivity contribution in [2.45, 2.75) is 32.1 Å². The van der Waals surface area contributed by atoms with Gasteiger partial charge in [0.15, 0.2) is 5.13 Å². The van der Waals surface area contributed by atoms with Crippen molar-refractivity contribution in [1.82, 2.24) is 4.98 Å². The van der Waals surface area contributed by atoms with Crippen LogP contribution in [0.2, 0.25) is 0 Å². The lowest BCUT2D eigenvalue weighted by molar-refractivity contribution is -0.118. The summed E-state index contributed by atoms with van der Waals surface area (Å²) in [4.78, 5) is 32.7. The van der Waals surface area contributed by atoms with Gasteiger partial charge in [-0.15, -0.1) is 11.3 Å². The maximum absolute atomic E-state index is 12.7. The molecular weight excluding hydrogens is 322 g/mol. The second-order valence-corrected chi connectivity index (χ2v) is 7.06. The van der Waals surface area contributed by atoms with Gasteiger partial charge in [-0.25, -0.2) is 4.98 Å². The Labute approximate surface area is 144 Å². The summed E-state index contributed by atoms with van der Waals surface area (Å²) in [5.74, 6) is 0.207. The number of anilines is 2. The third-order valence-electron chi connectivity index (χ3n) is 4.59. The molecule has 124 valence electrons. The van der Waals surface area contributed by atoms with Gasteiger partial charge in [-0.05, 0) is 30.9 Å². The van der Waals surface area contributed by atoms with Gasteiger partial charge in [0.1, 0.15) is 0 Å². The van der Waals surface area contributed by atoms with E-state index in [1.165, 1.54) is 16.9 Å². The van der Waals surface area contributed by atoms with E-state index < -0.39 is 0 Å². The van der Waals surface area contributed by atoms with Gasteiger partial charge in [0.2, 0.25) is 11.8 Å². The van der Waals surface area contributed by atoms with Crippen molar-refractivity contribution in [3.63, 3.8) is 0 Å². The molecule has 0 N–H and O–H groups in total. The summed E-state index contributed by atoms with van der Waals surface area (Å²) in [6, 6.07) is 8.10. The maximum Gasteiger partial charge on any atom is 0.233 e. The summed E-state index contributed by atoms with van der Waals surface area (Å²) in [5, 5.41) is 2.62. The number of nitrogens with zero attached hydrogens (tertiary/aromatic N) is 3. The van der Waals surface area contributed by atoms with Crippen molar-refractivity contribution in [2.24, 2.45) is 0 Å². The Kier molecular flexibility index (Phi) is 4.06. The van der Waals surface area contributed by atoms with Gasteiger partial charge in [-0.2, -0.15) is 0 Å². The number of amides is 2. The number of para-hydroxylation sites is 1. The molecule has 0 radical (unpaired) electrons. The third-order valence-corrected chi connectivity index (χ3v) is 5.50. The number of hydrogen-bond acceptors (Lipinski definition) is 4. The molecule has 0 saturated carbocycles. The standard InChI is InChI=1S/C18H19N3O2S/c22-16-8-4-10-21(16)18-19-14(12-24-18)11-17(23)20-9-3-6-13-5-1-2-7-15(13)20/h1-2,5,7,12H,3-4,6,8-11H2. The molecule has 6 heteroatoms. The van der Waals surface area contributed by atoms with E-state index in [0.717, 1.165) is 48.9 Å². The number of aromatic nitrogens is 1. The van der Waals surface area contributed by atoms with Crippen LogP contribution in [-0.4, -0.2) is 29.9 Å². The third kappa shape index (κ3) is 2.82. The zero-order valence-electron chi connectivity index (χ0n) is 13.4. The Morgan fingerprint density at radius 1 is 1.17 bits per heavy atom. The van der Waals surface area contributed by atoms with Crippen molar-refractivity contribution in [3.8, 4) is 0 Å². The Hall–Kier alpha value is -2.21. The Morgan fingerprint density at radius 2 is 2.00 bits per heavy atom. The summed E-state index contributed by atoms with van der Waals surface area (Å²) >= 11 is 1.45. The fraction of sp³-hybridized carbons (Fsp3) is 0.389. The van der Waals surface area contributed by atoms with Crippen LogP contribution in [0.1, 0.15) is 30.5 Å². The molecule has 4 rings (SSSR count). The number of aryl methyl sites for hydroxylation is 1. The van der Waals surface area contributed by atoms with Gasteiger partial charge in [0, 0.05) is 30.6 Å². The number of benzene rings is 1. The second kappa shape index (κ2) is 6.36. The number of fused-ring (bicyclic) bond motifs is 1. The van der Waals surface area contributed by atoms with Crippen molar-refractivity contribution in [1.29, 1.82) is 0 Å². The second-order valence-electron chi connectivity index (χ2n) is 6.22. The van der Waals surface area contributed by atoms with Crippen molar-refractivity contribution < 1.29 is 9.59 Å². The van der Waals surface area contributed by atoms with Crippen LogP contribution < -0.4 is 9.80 Å². The molecule has 5 nitrogen and oxygen atoms in total. The van der Waals surface area contributed by atoms with Crippen molar-refractivity contribution in [2.75, 3.05) is 22.9 Å². The highest BCUT2D eigenvalue weighted by atomic mass is 32.1. The smallest absolute Gasteiger partial charge is 0.233 e. The van der Waals surface area contributed by atoms with Gasteiger partial charge < -0.3 is 4.90 Å². The molecule has 24 heavy (non-hydrogen) atoms. The highest BCUT2D eigenvalue weighted by molar-refractivity contribution is 7.14. The number of carbonyl (C=O) groups is 2. The highest BCUT2D eigenvalue weighted by Gasteiger charge is 2.26. The average molecular weight is 341 g/mol. The molecule has 0 spiro atoms. The normalized spacial score (nSPS) is 17.2. The van der Waals surface area contributed by atoms with E-state index in [-0.39, 0.29) is 18.2 Å². The zero-order valence-corrected chi connectivity index (χ0v) is 14.2. The van der Waals surface area contributed by atoms with Crippen LogP contribution in [-0.2, 0) is 22.4 Å². The molecule has 1 aromatic heterocycles. The van der Waals surface area contributed by atoms with E-state index in [4.69, 9.17) is 0 Å². The number of carbonyl (C=O) groups excluding carboxylic acids is 2. The van der Waals surface area contributed by atoms with Gasteiger partial charge in [-0.3, -0.25) is 14.5 Å². The first-order valence-electron chi connectivity index (χ1n) is 8.35. The topological polar surface area (TPSA) is 53.5 Å². The summed E-state index contributed by atoms with van der Waals surface area (Å²) in [7, 11) is 0. The molecule has 0 aliphatic carbocycles. The lowest BCUT2D eigenvalue weighted by Gasteiger charge is -2.29. The molecular formula is C18H19N3O2S. The van der Waals surface area contributed by atoms with E-state index in [1.807, 2.05) is 28.5 Å². The van der Waals surface area contributed by atoms with Crippen LogP contribution in [0.4, 0.5) is 10.8 Å². The first kappa shape index (κ1) is 15.3. The van der Waals surface area contributed by atoms with Gasteiger partial charge in [0.05, 0.1) is 12.1 Å². The van der Waals surface area contributed by atoms with E-state index in [1.54, 1.807) is 4.90 Å². The minimum Gasteiger partial charge on any atom is -0.312 e. The van der Waals surface area contributed by atoms with Crippen LogP contribution in [0.25, 0.3) is 0 Å². The largest absolute Gasteiger partial charge is 0.312 e. The van der Waals surface area contributed by atoms with Gasteiger partial charge >= 0.3 is 0 Å². The van der Waals surface area contributed by atoms with E-state index >= 15 is 0 Å². The zero-order chi connectivity index (χ0) is 16.5. The fourth-order valence-electron chi connectivity index (χ4n) is 3.39. The van der Waals surface area contributed by atoms with Gasteiger partial charge in [0.25, 0.3) is 0 Å². The van der Waals surface area contributed by atoms with Crippen LogP contribution >= 0.6 is 11.3 Å². The lowest BCUT2D eigenvalue weighted by atomic mass is 10.0. The molecule has 0 atom stereocenters. The average Bonchev–Trinajstić information content (AvgIpc) is 3.23. The fourth-order valence-corrected chi connectivity index (χ4v) is 4.26. The van der Waals surface area contributed by atoms with Crippen LogP contribution in [0.15, 0.2) is 29.6 Å². The molecule has 1 saturated heterocycles. The van der Waals surface area contributed by atoms with Crippen LogP contribution in [0.3, 0.4) is 0 Å². The molecule has 2 aliphatic rings. The number of hydrogen-bond donors (Lipinski definition) is 0. The quantitative estimate of drug-likeness (QED) is 0.863. The molecule has 0 bridgehead atoms. The number of rotatable bonds is 3. The van der Waals surface area contributed by atoms with E-state index in [9.17, 15) is 9.59 Å².